The van der Waals surface area contributed by atoms with E-state index in [2.05, 4.69) is 45.8 Å². The Morgan fingerprint density at radius 2 is 1.91 bits per heavy atom. The Kier molecular flexibility index (Phi) is 3.81. The first-order valence-electron chi connectivity index (χ1n) is 7.70. The highest BCUT2D eigenvalue weighted by molar-refractivity contribution is 5.56. The van der Waals surface area contributed by atoms with Crippen molar-refractivity contribution in [3.63, 3.8) is 0 Å². The molecule has 1 fully saturated rings. The van der Waals surface area contributed by atoms with Crippen molar-refractivity contribution < 1.29 is 0 Å². The van der Waals surface area contributed by atoms with Gasteiger partial charge in [-0.05, 0) is 37.8 Å². The molecule has 1 aliphatic carbocycles. The second-order valence-electron chi connectivity index (χ2n) is 6.10. The highest BCUT2D eigenvalue weighted by atomic mass is 15.2. The van der Waals surface area contributed by atoms with E-state index in [4.69, 9.17) is 0 Å². The van der Waals surface area contributed by atoms with Gasteiger partial charge >= 0.3 is 0 Å². The van der Waals surface area contributed by atoms with E-state index in [1.54, 1.807) is 0 Å². The van der Waals surface area contributed by atoms with Crippen LogP contribution in [0.2, 0.25) is 0 Å². The smallest absolute Gasteiger partial charge is 0.166 e. The number of nitrogens with zero attached hydrogens (tertiary/aromatic N) is 3. The van der Waals surface area contributed by atoms with E-state index in [-0.39, 0.29) is 5.41 Å². The summed E-state index contributed by atoms with van der Waals surface area (Å²) < 4.78 is 0. The van der Waals surface area contributed by atoms with Crippen molar-refractivity contribution in [2.24, 2.45) is 0 Å². The van der Waals surface area contributed by atoms with Crippen LogP contribution in [0.3, 0.4) is 0 Å². The number of rotatable bonds is 4. The number of benzene rings is 1. The Hall–Kier alpha value is -2.41. The minimum absolute atomic E-state index is 0.161. The van der Waals surface area contributed by atoms with Crippen molar-refractivity contribution in [1.29, 1.82) is 5.26 Å². The fraction of sp³-hybridized carbons (Fsp3) is 0.389. The first kappa shape index (κ1) is 14.5. The SMILES string of the molecule is Cc1nnc(NCC2(c3ccccc3)CCC2)c(C#N)c1C. The van der Waals surface area contributed by atoms with Gasteiger partial charge in [0.2, 0.25) is 0 Å². The molecule has 1 heterocycles. The van der Waals surface area contributed by atoms with Crippen molar-refractivity contribution in [2.75, 3.05) is 11.9 Å². The second-order valence-corrected chi connectivity index (χ2v) is 6.10. The lowest BCUT2D eigenvalue weighted by Crippen LogP contribution is -2.41. The molecule has 1 N–H and O–H groups in total. The normalized spacial score (nSPS) is 15.7. The third-order valence-corrected chi connectivity index (χ3v) is 4.86. The van der Waals surface area contributed by atoms with Gasteiger partial charge in [-0.15, -0.1) is 5.10 Å². The Bertz CT molecular complexity index is 712. The summed E-state index contributed by atoms with van der Waals surface area (Å²) in [6.07, 6.45) is 3.59. The predicted octanol–water partition coefficient (Wildman–Crippen LogP) is 3.50. The largest absolute Gasteiger partial charge is 0.367 e. The molecule has 0 radical (unpaired) electrons. The van der Waals surface area contributed by atoms with Gasteiger partial charge in [-0.3, -0.25) is 0 Å². The van der Waals surface area contributed by atoms with E-state index >= 15 is 0 Å². The van der Waals surface area contributed by atoms with E-state index in [9.17, 15) is 5.26 Å². The lowest BCUT2D eigenvalue weighted by Gasteiger charge is -2.42. The maximum atomic E-state index is 9.38. The average molecular weight is 292 g/mol. The molecular formula is C18H20N4. The van der Waals surface area contributed by atoms with Crippen LogP contribution in [0.15, 0.2) is 30.3 Å². The highest BCUT2D eigenvalue weighted by Crippen LogP contribution is 2.43. The standard InChI is InChI=1S/C18H20N4/c1-13-14(2)21-22-17(16(13)11-19)20-12-18(9-6-10-18)15-7-4-3-5-8-15/h3-5,7-8H,6,9-10,12H2,1-2H3,(H,20,22). The molecule has 0 unspecified atom stereocenters. The maximum absolute atomic E-state index is 9.38. The number of nitrogens with one attached hydrogen (secondary N) is 1. The molecule has 112 valence electrons. The summed E-state index contributed by atoms with van der Waals surface area (Å²) in [5.41, 5.74) is 3.85. The third kappa shape index (κ3) is 2.43. The molecule has 0 spiro atoms. The van der Waals surface area contributed by atoms with Gasteiger partial charge in [-0.1, -0.05) is 36.8 Å². The van der Waals surface area contributed by atoms with Crippen LogP contribution in [0.4, 0.5) is 5.82 Å². The van der Waals surface area contributed by atoms with Gasteiger partial charge in [-0.2, -0.15) is 10.4 Å². The minimum atomic E-state index is 0.161. The van der Waals surface area contributed by atoms with Crippen LogP contribution < -0.4 is 5.32 Å². The van der Waals surface area contributed by atoms with Crippen LogP contribution in [-0.2, 0) is 5.41 Å². The predicted molar refractivity (Wildman–Crippen MR) is 86.7 cm³/mol. The molecule has 0 bridgehead atoms. The van der Waals surface area contributed by atoms with Crippen LogP contribution >= 0.6 is 0 Å². The molecule has 22 heavy (non-hydrogen) atoms. The molecule has 1 aromatic heterocycles. The zero-order chi connectivity index (χ0) is 15.6. The van der Waals surface area contributed by atoms with Gasteiger partial charge in [-0.25, -0.2) is 0 Å². The number of nitriles is 1. The molecule has 0 saturated heterocycles. The van der Waals surface area contributed by atoms with Gasteiger partial charge in [0.05, 0.1) is 5.69 Å². The summed E-state index contributed by atoms with van der Waals surface area (Å²) in [5, 5.41) is 21.1. The summed E-state index contributed by atoms with van der Waals surface area (Å²) in [6, 6.07) is 12.9. The van der Waals surface area contributed by atoms with E-state index in [1.165, 1.54) is 24.8 Å². The first-order chi connectivity index (χ1) is 10.7. The summed E-state index contributed by atoms with van der Waals surface area (Å²) in [4.78, 5) is 0. The Morgan fingerprint density at radius 1 is 1.18 bits per heavy atom. The molecular weight excluding hydrogens is 272 g/mol. The molecule has 0 atom stereocenters. The fourth-order valence-electron chi connectivity index (χ4n) is 3.08. The topological polar surface area (TPSA) is 61.6 Å². The molecule has 4 heteroatoms. The highest BCUT2D eigenvalue weighted by Gasteiger charge is 2.38. The lowest BCUT2D eigenvalue weighted by molar-refractivity contribution is 0.260. The van der Waals surface area contributed by atoms with Gasteiger partial charge in [0.15, 0.2) is 5.82 Å². The van der Waals surface area contributed by atoms with Crippen LogP contribution in [-0.4, -0.2) is 16.7 Å². The molecule has 1 aromatic carbocycles. The minimum Gasteiger partial charge on any atom is -0.367 e. The molecule has 1 aliphatic rings. The summed E-state index contributed by atoms with van der Waals surface area (Å²) >= 11 is 0. The van der Waals surface area contributed by atoms with Crippen molar-refractivity contribution >= 4 is 5.82 Å². The van der Waals surface area contributed by atoms with Gasteiger partial charge in [0.1, 0.15) is 11.6 Å². The molecule has 0 amide bonds. The summed E-state index contributed by atoms with van der Waals surface area (Å²) in [6.45, 7) is 4.59. The lowest BCUT2D eigenvalue weighted by atomic mass is 9.64. The van der Waals surface area contributed by atoms with E-state index in [1.807, 2.05) is 19.9 Å². The molecule has 0 aliphatic heterocycles. The van der Waals surface area contributed by atoms with Crippen molar-refractivity contribution in [3.8, 4) is 6.07 Å². The molecule has 3 rings (SSSR count). The second kappa shape index (κ2) is 5.76. The van der Waals surface area contributed by atoms with Gasteiger partial charge < -0.3 is 5.32 Å². The number of hydrogen-bond donors (Lipinski definition) is 1. The summed E-state index contributed by atoms with van der Waals surface area (Å²) in [5.74, 6) is 0.604. The van der Waals surface area contributed by atoms with Crippen LogP contribution in [0.5, 0.6) is 0 Å². The van der Waals surface area contributed by atoms with E-state index < -0.39 is 0 Å². The Morgan fingerprint density at radius 3 is 2.50 bits per heavy atom. The number of aryl methyl sites for hydroxylation is 1. The Labute approximate surface area is 131 Å². The fourth-order valence-corrected chi connectivity index (χ4v) is 3.08. The van der Waals surface area contributed by atoms with Crippen molar-refractivity contribution in [2.45, 2.75) is 38.5 Å². The quantitative estimate of drug-likeness (QED) is 0.937. The third-order valence-electron chi connectivity index (χ3n) is 4.86. The summed E-state index contributed by atoms with van der Waals surface area (Å²) in [7, 11) is 0. The van der Waals surface area contributed by atoms with Gasteiger partial charge in [0, 0.05) is 12.0 Å². The van der Waals surface area contributed by atoms with Crippen LogP contribution in [0.25, 0.3) is 0 Å². The zero-order valence-corrected chi connectivity index (χ0v) is 13.1. The molecule has 2 aromatic rings. The van der Waals surface area contributed by atoms with Crippen molar-refractivity contribution in [1.82, 2.24) is 10.2 Å². The molecule has 1 saturated carbocycles. The number of hydrogen-bond acceptors (Lipinski definition) is 4. The number of aromatic nitrogens is 2. The van der Waals surface area contributed by atoms with Crippen LogP contribution in [0, 0.1) is 25.2 Å². The monoisotopic (exact) mass is 292 g/mol. The van der Waals surface area contributed by atoms with Gasteiger partial charge in [0.25, 0.3) is 0 Å². The number of anilines is 1. The Balaban J connectivity index is 1.83. The molecule has 4 nitrogen and oxygen atoms in total. The van der Waals surface area contributed by atoms with E-state index in [0.717, 1.165) is 17.8 Å². The average Bonchev–Trinajstić information content (AvgIpc) is 2.51. The van der Waals surface area contributed by atoms with E-state index in [0.29, 0.717) is 11.4 Å². The van der Waals surface area contributed by atoms with Crippen LogP contribution in [0.1, 0.15) is 41.6 Å². The maximum Gasteiger partial charge on any atom is 0.166 e. The first-order valence-corrected chi connectivity index (χ1v) is 7.70. The zero-order valence-electron chi connectivity index (χ0n) is 13.1. The van der Waals surface area contributed by atoms with Crippen molar-refractivity contribution in [3.05, 3.63) is 52.7 Å².